The summed E-state index contributed by atoms with van der Waals surface area (Å²) in [6.07, 6.45) is 0.429. The molecule has 0 bridgehead atoms. The molecule has 1 atom stereocenters. The van der Waals surface area contributed by atoms with Crippen LogP contribution in [-0.4, -0.2) is 31.8 Å². The number of hydrogen-bond donors (Lipinski definition) is 1. The number of rotatable bonds is 4. The van der Waals surface area contributed by atoms with Crippen molar-refractivity contribution in [2.75, 3.05) is 18.6 Å². The molecule has 2 aromatic rings. The number of nitrogens with zero attached hydrogens (tertiary/aromatic N) is 1. The van der Waals surface area contributed by atoms with Crippen LogP contribution in [-0.2, 0) is 22.4 Å². The third-order valence-electron chi connectivity index (χ3n) is 4.30. The van der Waals surface area contributed by atoms with Crippen molar-refractivity contribution in [3.05, 3.63) is 58.1 Å². The first-order valence-electron chi connectivity index (χ1n) is 8.18. The minimum Gasteiger partial charge on any atom is -0.437 e. The molecular weight excluding hydrogens is 400 g/mol. The number of ether oxygens (including phenoxy) is 2. The van der Waals surface area contributed by atoms with Crippen LogP contribution in [0, 0.1) is 0 Å². The lowest BCUT2D eigenvalue weighted by Crippen LogP contribution is -2.44. The van der Waals surface area contributed by atoms with Gasteiger partial charge in [-0.15, -0.1) is 0 Å². The Kier molecular flexibility index (Phi) is 5.58. The summed E-state index contributed by atoms with van der Waals surface area (Å²) in [4.78, 5) is 25.7. The predicted octanol–water partition coefficient (Wildman–Crippen LogP) is 3.05. The Bertz CT molecular complexity index is 840. The molecule has 1 amide bonds. The van der Waals surface area contributed by atoms with Gasteiger partial charge in [-0.2, -0.15) is 0 Å². The van der Waals surface area contributed by atoms with Gasteiger partial charge in [0.2, 0.25) is 5.91 Å². The number of nitrogens with two attached hydrogens (primary N) is 1. The van der Waals surface area contributed by atoms with Crippen molar-refractivity contribution >= 4 is 33.7 Å². The molecule has 0 spiro atoms. The van der Waals surface area contributed by atoms with E-state index in [9.17, 15) is 9.59 Å². The van der Waals surface area contributed by atoms with Crippen LogP contribution in [0.5, 0.6) is 5.75 Å². The van der Waals surface area contributed by atoms with Gasteiger partial charge in [0, 0.05) is 16.7 Å². The van der Waals surface area contributed by atoms with E-state index in [0.717, 1.165) is 17.7 Å². The molecule has 1 aliphatic rings. The maximum atomic E-state index is 12.8. The highest BCUT2D eigenvalue weighted by molar-refractivity contribution is 9.10. The fraction of sp³-hybridized carbons (Fsp3) is 0.263. The molecule has 136 valence electrons. The number of fused-ring (bicyclic) bond motifs is 1. The van der Waals surface area contributed by atoms with E-state index < -0.39 is 12.2 Å². The number of carbonyl (C=O) groups is 2. The van der Waals surface area contributed by atoms with Crippen molar-refractivity contribution in [2.24, 2.45) is 5.73 Å². The van der Waals surface area contributed by atoms with Crippen LogP contribution < -0.4 is 15.4 Å². The number of benzene rings is 2. The van der Waals surface area contributed by atoms with Gasteiger partial charge in [-0.1, -0.05) is 40.2 Å². The summed E-state index contributed by atoms with van der Waals surface area (Å²) in [5.74, 6) is 0.248. The van der Waals surface area contributed by atoms with Crippen molar-refractivity contribution in [2.45, 2.75) is 18.9 Å². The van der Waals surface area contributed by atoms with Crippen molar-refractivity contribution in [1.82, 2.24) is 0 Å². The summed E-state index contributed by atoms with van der Waals surface area (Å²) in [6, 6.07) is 12.3. The molecule has 0 saturated heterocycles. The minimum atomic E-state index is -0.788. The Morgan fingerprint density at radius 1 is 1.27 bits per heavy atom. The summed E-state index contributed by atoms with van der Waals surface area (Å²) < 4.78 is 10.1. The Labute approximate surface area is 160 Å². The molecule has 3 rings (SSSR count). The van der Waals surface area contributed by atoms with Gasteiger partial charge in [0.15, 0.2) is 0 Å². The highest BCUT2D eigenvalue weighted by Crippen LogP contribution is 2.29. The van der Waals surface area contributed by atoms with Gasteiger partial charge >= 0.3 is 6.16 Å². The van der Waals surface area contributed by atoms with Crippen molar-refractivity contribution in [3.8, 4) is 5.75 Å². The number of amides is 1. The van der Waals surface area contributed by atoms with Crippen molar-refractivity contribution in [1.29, 1.82) is 0 Å². The molecule has 0 radical (unpaired) electrons. The lowest BCUT2D eigenvalue weighted by atomic mass is 10.1. The normalized spacial score (nSPS) is 13.9. The average Bonchev–Trinajstić information content (AvgIpc) is 3.07. The lowest BCUT2D eigenvalue weighted by molar-refractivity contribution is -0.119. The number of carbonyl (C=O) groups excluding carboxylic acids is 2. The van der Waals surface area contributed by atoms with E-state index in [1.54, 1.807) is 23.1 Å². The fourth-order valence-electron chi connectivity index (χ4n) is 2.99. The van der Waals surface area contributed by atoms with E-state index in [1.165, 1.54) is 12.7 Å². The molecule has 0 aromatic heterocycles. The van der Waals surface area contributed by atoms with E-state index >= 15 is 0 Å². The van der Waals surface area contributed by atoms with Gasteiger partial charge in [0.1, 0.15) is 5.75 Å². The quantitative estimate of drug-likeness (QED) is 0.609. The Hall–Kier alpha value is -2.38. The van der Waals surface area contributed by atoms with Gasteiger partial charge in [0.05, 0.1) is 13.2 Å². The SMILES string of the molecule is COC(=O)Oc1ccc(C[C@@H](N)C(=O)N2CCc3ccccc32)c(Br)c1. The van der Waals surface area contributed by atoms with Crippen molar-refractivity contribution in [3.63, 3.8) is 0 Å². The van der Waals surface area contributed by atoms with E-state index in [-0.39, 0.29) is 5.91 Å². The highest BCUT2D eigenvalue weighted by atomic mass is 79.9. The Balaban J connectivity index is 1.69. The van der Waals surface area contributed by atoms with Crippen LogP contribution in [0.15, 0.2) is 46.9 Å². The number of hydrogen-bond acceptors (Lipinski definition) is 5. The highest BCUT2D eigenvalue weighted by Gasteiger charge is 2.28. The van der Waals surface area contributed by atoms with Gasteiger partial charge in [-0.3, -0.25) is 4.79 Å². The minimum absolute atomic E-state index is 0.100. The first-order valence-corrected chi connectivity index (χ1v) is 8.98. The summed E-state index contributed by atoms with van der Waals surface area (Å²) in [5.41, 5.74) is 9.14. The predicted molar refractivity (Wildman–Crippen MR) is 101 cm³/mol. The largest absolute Gasteiger partial charge is 0.513 e. The summed E-state index contributed by atoms with van der Waals surface area (Å²) in [6.45, 7) is 0.652. The molecule has 0 unspecified atom stereocenters. The second-order valence-corrected chi connectivity index (χ2v) is 6.84. The molecule has 1 aliphatic heterocycles. The third kappa shape index (κ3) is 3.89. The number of methoxy groups -OCH3 is 1. The zero-order valence-electron chi connectivity index (χ0n) is 14.3. The van der Waals surface area contributed by atoms with Crippen molar-refractivity contribution < 1.29 is 19.1 Å². The monoisotopic (exact) mass is 418 g/mol. The smallest absolute Gasteiger partial charge is 0.437 e. The van der Waals surface area contributed by atoms with Gasteiger partial charge in [-0.25, -0.2) is 4.79 Å². The van der Waals surface area contributed by atoms with Crippen LogP contribution in [0.4, 0.5) is 10.5 Å². The second-order valence-electron chi connectivity index (χ2n) is 5.99. The molecule has 0 saturated carbocycles. The third-order valence-corrected chi connectivity index (χ3v) is 5.04. The molecule has 0 aliphatic carbocycles. The van der Waals surface area contributed by atoms with E-state index in [2.05, 4.69) is 20.7 Å². The molecule has 7 heteroatoms. The summed E-state index contributed by atoms with van der Waals surface area (Å²) in [7, 11) is 1.24. The first-order chi connectivity index (χ1) is 12.5. The zero-order valence-corrected chi connectivity index (χ0v) is 15.9. The summed E-state index contributed by atoms with van der Waals surface area (Å²) in [5, 5.41) is 0. The maximum Gasteiger partial charge on any atom is 0.513 e. The van der Waals surface area contributed by atoms with Crippen LogP contribution in [0.3, 0.4) is 0 Å². The van der Waals surface area contributed by atoms with Gasteiger partial charge in [-0.05, 0) is 42.2 Å². The molecule has 0 fully saturated rings. The average molecular weight is 419 g/mol. The first kappa shape index (κ1) is 18.4. The van der Waals surface area contributed by atoms with E-state index in [4.69, 9.17) is 10.5 Å². The van der Waals surface area contributed by atoms with Gasteiger partial charge in [0.25, 0.3) is 0 Å². The van der Waals surface area contributed by atoms with E-state index in [0.29, 0.717) is 23.2 Å². The zero-order chi connectivity index (χ0) is 18.7. The molecule has 2 aromatic carbocycles. The molecule has 1 heterocycles. The fourth-order valence-corrected chi connectivity index (χ4v) is 3.51. The van der Waals surface area contributed by atoms with Crippen LogP contribution in [0.25, 0.3) is 0 Å². The Morgan fingerprint density at radius 3 is 2.77 bits per heavy atom. The lowest BCUT2D eigenvalue weighted by Gasteiger charge is -2.22. The Morgan fingerprint density at radius 2 is 2.04 bits per heavy atom. The van der Waals surface area contributed by atoms with Crippen LogP contribution in [0.1, 0.15) is 11.1 Å². The second kappa shape index (κ2) is 7.88. The molecular formula is C19H19BrN2O4. The number of anilines is 1. The van der Waals surface area contributed by atoms with Crippen LogP contribution in [0.2, 0.25) is 0 Å². The van der Waals surface area contributed by atoms with E-state index in [1.807, 2.05) is 24.3 Å². The molecule has 2 N–H and O–H groups in total. The molecule has 26 heavy (non-hydrogen) atoms. The topological polar surface area (TPSA) is 81.9 Å². The number of halogens is 1. The van der Waals surface area contributed by atoms with Gasteiger partial charge < -0.3 is 20.1 Å². The summed E-state index contributed by atoms with van der Waals surface area (Å²) >= 11 is 3.43. The maximum absolute atomic E-state index is 12.8. The number of para-hydroxylation sites is 1. The van der Waals surface area contributed by atoms with Crippen LogP contribution >= 0.6 is 15.9 Å². The standard InChI is InChI=1S/C19H19BrN2O4/c1-25-19(24)26-14-7-6-13(15(20)11-14)10-16(21)18(23)22-9-8-12-4-2-3-5-17(12)22/h2-7,11,16H,8-10,21H2,1H3/t16-/m1/s1. The molecule has 6 nitrogen and oxygen atoms in total.